The van der Waals surface area contributed by atoms with Crippen LogP contribution >= 0.6 is 0 Å². The zero-order chi connectivity index (χ0) is 11.7. The minimum absolute atomic E-state index is 0.0538. The zero-order valence-corrected chi connectivity index (χ0v) is 9.93. The molecule has 1 saturated heterocycles. The summed E-state index contributed by atoms with van der Waals surface area (Å²) in [6, 6.07) is 0.0538. The number of aliphatic hydroxyl groups excluding tert-OH is 1. The van der Waals surface area contributed by atoms with Gasteiger partial charge in [-0.1, -0.05) is 0 Å². The van der Waals surface area contributed by atoms with Crippen molar-refractivity contribution in [1.29, 1.82) is 0 Å². The standard InChI is InChI=1S/C12H22N2O2/c1-8(15)10-4-5-14(7-10)12(16)6-11(13)9-2-3-9/h8-11,15H,2-7,13H2,1H3. The van der Waals surface area contributed by atoms with Crippen molar-refractivity contribution in [1.82, 2.24) is 4.90 Å². The average molecular weight is 226 g/mol. The first-order valence-corrected chi connectivity index (χ1v) is 6.29. The van der Waals surface area contributed by atoms with Crippen molar-refractivity contribution in [2.75, 3.05) is 13.1 Å². The molecule has 4 heteroatoms. The smallest absolute Gasteiger partial charge is 0.224 e. The van der Waals surface area contributed by atoms with Gasteiger partial charge in [-0.25, -0.2) is 0 Å². The zero-order valence-electron chi connectivity index (χ0n) is 9.93. The van der Waals surface area contributed by atoms with Crippen LogP contribution in [0.1, 0.15) is 32.6 Å². The van der Waals surface area contributed by atoms with Crippen LogP contribution in [0.5, 0.6) is 0 Å². The fourth-order valence-electron chi connectivity index (χ4n) is 2.43. The third kappa shape index (κ3) is 2.74. The molecule has 0 radical (unpaired) electrons. The van der Waals surface area contributed by atoms with Gasteiger partial charge in [-0.05, 0) is 32.1 Å². The molecule has 16 heavy (non-hydrogen) atoms. The maximum absolute atomic E-state index is 11.9. The van der Waals surface area contributed by atoms with Gasteiger partial charge in [0.1, 0.15) is 0 Å². The number of hydrogen-bond donors (Lipinski definition) is 2. The lowest BCUT2D eigenvalue weighted by Gasteiger charge is -2.19. The van der Waals surface area contributed by atoms with E-state index in [0.717, 1.165) is 13.0 Å². The van der Waals surface area contributed by atoms with Crippen LogP contribution in [0.25, 0.3) is 0 Å². The molecule has 0 aromatic rings. The molecule has 3 N–H and O–H groups in total. The number of carbonyl (C=O) groups excluding carboxylic acids is 1. The molecule has 3 unspecified atom stereocenters. The first kappa shape index (κ1) is 11.9. The molecule has 3 atom stereocenters. The summed E-state index contributed by atoms with van der Waals surface area (Å²) >= 11 is 0. The Balaban J connectivity index is 1.77. The maximum atomic E-state index is 11.9. The minimum Gasteiger partial charge on any atom is -0.393 e. The molecule has 92 valence electrons. The van der Waals surface area contributed by atoms with E-state index >= 15 is 0 Å². The molecule has 1 aliphatic carbocycles. The van der Waals surface area contributed by atoms with Crippen molar-refractivity contribution in [3.8, 4) is 0 Å². The molecule has 0 aromatic heterocycles. The first-order valence-electron chi connectivity index (χ1n) is 6.29. The normalized spacial score (nSPS) is 29.2. The summed E-state index contributed by atoms with van der Waals surface area (Å²) < 4.78 is 0. The first-order chi connectivity index (χ1) is 7.58. The largest absolute Gasteiger partial charge is 0.393 e. The van der Waals surface area contributed by atoms with Gasteiger partial charge in [0.2, 0.25) is 5.91 Å². The van der Waals surface area contributed by atoms with E-state index < -0.39 is 0 Å². The summed E-state index contributed by atoms with van der Waals surface area (Å²) in [7, 11) is 0. The van der Waals surface area contributed by atoms with Crippen LogP contribution in [-0.2, 0) is 4.79 Å². The third-order valence-electron chi connectivity index (χ3n) is 3.90. The number of aliphatic hydroxyl groups is 1. The Morgan fingerprint density at radius 2 is 2.12 bits per heavy atom. The average Bonchev–Trinajstić information content (AvgIpc) is 2.95. The van der Waals surface area contributed by atoms with Crippen molar-refractivity contribution >= 4 is 5.91 Å². The number of carbonyl (C=O) groups is 1. The second-order valence-electron chi connectivity index (χ2n) is 5.33. The van der Waals surface area contributed by atoms with E-state index in [4.69, 9.17) is 5.73 Å². The molecule has 4 nitrogen and oxygen atoms in total. The Kier molecular flexibility index (Phi) is 3.50. The highest BCUT2D eigenvalue weighted by Gasteiger charge is 2.33. The van der Waals surface area contributed by atoms with Crippen molar-refractivity contribution in [3.63, 3.8) is 0 Å². The Hall–Kier alpha value is -0.610. The van der Waals surface area contributed by atoms with Crippen LogP contribution in [0, 0.1) is 11.8 Å². The van der Waals surface area contributed by atoms with Crippen molar-refractivity contribution < 1.29 is 9.90 Å². The molecular formula is C12H22N2O2. The highest BCUT2D eigenvalue weighted by molar-refractivity contribution is 5.77. The number of amides is 1. The van der Waals surface area contributed by atoms with Crippen molar-refractivity contribution in [2.45, 2.75) is 44.8 Å². The molecule has 1 saturated carbocycles. The highest BCUT2D eigenvalue weighted by atomic mass is 16.3. The number of likely N-dealkylation sites (tertiary alicyclic amines) is 1. The third-order valence-corrected chi connectivity index (χ3v) is 3.90. The number of hydrogen-bond acceptors (Lipinski definition) is 3. The molecule has 0 aromatic carbocycles. The van der Waals surface area contributed by atoms with E-state index in [-0.39, 0.29) is 24.0 Å². The van der Waals surface area contributed by atoms with Gasteiger partial charge in [0.05, 0.1) is 6.10 Å². The SMILES string of the molecule is CC(O)C1CCN(C(=O)CC(N)C2CC2)C1. The Morgan fingerprint density at radius 1 is 1.44 bits per heavy atom. The maximum Gasteiger partial charge on any atom is 0.224 e. The van der Waals surface area contributed by atoms with Crippen LogP contribution in [0.15, 0.2) is 0 Å². The number of nitrogens with zero attached hydrogens (tertiary/aromatic N) is 1. The molecule has 2 rings (SSSR count). The van der Waals surface area contributed by atoms with E-state index in [1.807, 2.05) is 4.90 Å². The van der Waals surface area contributed by atoms with E-state index in [2.05, 4.69) is 0 Å². The predicted octanol–water partition coefficient (Wildman–Crippen LogP) is 0.343. The summed E-state index contributed by atoms with van der Waals surface area (Å²) in [5.41, 5.74) is 5.95. The molecule has 1 aliphatic heterocycles. The fraction of sp³-hybridized carbons (Fsp3) is 0.917. The van der Waals surface area contributed by atoms with E-state index in [1.54, 1.807) is 6.92 Å². The quantitative estimate of drug-likeness (QED) is 0.726. The monoisotopic (exact) mass is 226 g/mol. The minimum atomic E-state index is -0.310. The van der Waals surface area contributed by atoms with Crippen LogP contribution in [0.3, 0.4) is 0 Å². The van der Waals surface area contributed by atoms with Gasteiger partial charge in [-0.2, -0.15) is 0 Å². The highest BCUT2D eigenvalue weighted by Crippen LogP contribution is 2.33. The Morgan fingerprint density at radius 3 is 2.62 bits per heavy atom. The summed E-state index contributed by atoms with van der Waals surface area (Å²) in [5.74, 6) is 1.00. The van der Waals surface area contributed by atoms with Gasteiger partial charge >= 0.3 is 0 Å². The number of rotatable bonds is 4. The van der Waals surface area contributed by atoms with Crippen molar-refractivity contribution in [3.05, 3.63) is 0 Å². The predicted molar refractivity (Wildman–Crippen MR) is 61.7 cm³/mol. The van der Waals surface area contributed by atoms with E-state index in [1.165, 1.54) is 12.8 Å². The fourth-order valence-corrected chi connectivity index (χ4v) is 2.43. The molecule has 2 aliphatic rings. The topological polar surface area (TPSA) is 66.6 Å². The Labute approximate surface area is 96.8 Å². The van der Waals surface area contributed by atoms with Gasteiger partial charge in [-0.15, -0.1) is 0 Å². The lowest BCUT2D eigenvalue weighted by molar-refractivity contribution is -0.130. The number of nitrogens with two attached hydrogens (primary N) is 1. The van der Waals surface area contributed by atoms with Crippen LogP contribution in [0.4, 0.5) is 0 Å². The molecule has 2 fully saturated rings. The van der Waals surface area contributed by atoms with Crippen molar-refractivity contribution in [2.24, 2.45) is 17.6 Å². The summed E-state index contributed by atoms with van der Waals surface area (Å²) in [6.07, 6.45) is 3.46. The van der Waals surface area contributed by atoms with Gasteiger partial charge < -0.3 is 15.7 Å². The summed E-state index contributed by atoms with van der Waals surface area (Å²) in [5, 5.41) is 9.47. The van der Waals surface area contributed by atoms with E-state index in [9.17, 15) is 9.90 Å². The second kappa shape index (κ2) is 4.72. The molecule has 0 bridgehead atoms. The Bertz CT molecular complexity index is 264. The van der Waals surface area contributed by atoms with Gasteiger partial charge in [0.15, 0.2) is 0 Å². The van der Waals surface area contributed by atoms with Gasteiger partial charge in [-0.3, -0.25) is 4.79 Å². The van der Waals surface area contributed by atoms with Crippen LogP contribution in [-0.4, -0.2) is 41.1 Å². The summed E-state index contributed by atoms with van der Waals surface area (Å²) in [4.78, 5) is 13.8. The lowest BCUT2D eigenvalue weighted by Crippen LogP contribution is -2.36. The molecule has 1 amide bonds. The van der Waals surface area contributed by atoms with Crippen LogP contribution < -0.4 is 5.73 Å². The molecule has 0 spiro atoms. The van der Waals surface area contributed by atoms with Gasteiger partial charge in [0.25, 0.3) is 0 Å². The van der Waals surface area contributed by atoms with Gasteiger partial charge in [0, 0.05) is 31.5 Å². The van der Waals surface area contributed by atoms with Crippen LogP contribution in [0.2, 0.25) is 0 Å². The molecular weight excluding hydrogens is 204 g/mol. The lowest BCUT2D eigenvalue weighted by atomic mass is 10.0. The molecule has 1 heterocycles. The van der Waals surface area contributed by atoms with E-state index in [0.29, 0.717) is 18.9 Å². The summed E-state index contributed by atoms with van der Waals surface area (Å²) in [6.45, 7) is 3.29. The second-order valence-corrected chi connectivity index (χ2v) is 5.33.